The first-order valence-corrected chi connectivity index (χ1v) is 4.96. The number of nitriles is 1. The zero-order valence-electron chi connectivity index (χ0n) is 8.67. The molecule has 0 saturated carbocycles. The molecule has 5 heteroatoms. The number of hydrogen-bond acceptors (Lipinski definition) is 4. The van der Waals surface area contributed by atoms with Gasteiger partial charge in [-0.1, -0.05) is 0 Å². The molecular formula is C11H11N5. The minimum Gasteiger partial charge on any atom is -0.381 e. The van der Waals surface area contributed by atoms with Crippen LogP contribution < -0.4 is 5.32 Å². The first-order chi connectivity index (χ1) is 7.90. The Hall–Kier alpha value is -2.35. The molecule has 80 valence electrons. The van der Waals surface area contributed by atoms with Crippen molar-refractivity contribution in [3.63, 3.8) is 0 Å². The fraction of sp³-hybridized carbons (Fsp3) is 0.182. The summed E-state index contributed by atoms with van der Waals surface area (Å²) in [7, 11) is 0. The monoisotopic (exact) mass is 213 g/mol. The van der Waals surface area contributed by atoms with Gasteiger partial charge in [0.05, 0.1) is 12.2 Å². The molecule has 0 saturated heterocycles. The van der Waals surface area contributed by atoms with Crippen LogP contribution in [-0.2, 0) is 6.54 Å². The van der Waals surface area contributed by atoms with Crippen LogP contribution in [0.5, 0.6) is 0 Å². The third kappa shape index (κ3) is 2.36. The van der Waals surface area contributed by atoms with Gasteiger partial charge in [-0.05, 0) is 18.2 Å². The average Bonchev–Trinajstić information content (AvgIpc) is 2.83. The van der Waals surface area contributed by atoms with Crippen LogP contribution in [0.1, 0.15) is 5.69 Å². The van der Waals surface area contributed by atoms with Gasteiger partial charge in [-0.3, -0.25) is 4.68 Å². The maximum absolute atomic E-state index is 8.83. The van der Waals surface area contributed by atoms with Gasteiger partial charge in [0.15, 0.2) is 5.69 Å². The number of rotatable bonds is 4. The summed E-state index contributed by atoms with van der Waals surface area (Å²) in [5.74, 6) is 0. The lowest BCUT2D eigenvalue weighted by Crippen LogP contribution is -2.11. The maximum Gasteiger partial charge on any atom is 0.163 e. The summed E-state index contributed by atoms with van der Waals surface area (Å²) in [5.41, 5.74) is 1.18. The zero-order valence-corrected chi connectivity index (χ0v) is 8.67. The van der Waals surface area contributed by atoms with Gasteiger partial charge in [-0.25, -0.2) is 4.98 Å². The Morgan fingerprint density at radius 3 is 3.06 bits per heavy atom. The van der Waals surface area contributed by atoms with Crippen molar-refractivity contribution in [2.24, 2.45) is 0 Å². The van der Waals surface area contributed by atoms with E-state index in [4.69, 9.17) is 5.26 Å². The summed E-state index contributed by atoms with van der Waals surface area (Å²) in [5, 5.41) is 16.1. The Labute approximate surface area is 93.4 Å². The fourth-order valence-electron chi connectivity index (χ4n) is 1.37. The third-order valence-electron chi connectivity index (χ3n) is 2.13. The van der Waals surface area contributed by atoms with Crippen LogP contribution in [0.3, 0.4) is 0 Å². The minimum absolute atomic E-state index is 0.419. The number of aromatic nitrogens is 3. The Bertz CT molecular complexity index is 483. The number of nitrogens with one attached hydrogen (secondary N) is 1. The van der Waals surface area contributed by atoms with Crippen LogP contribution in [0, 0.1) is 11.3 Å². The Morgan fingerprint density at radius 1 is 1.38 bits per heavy atom. The Balaban J connectivity index is 1.93. The molecule has 2 aromatic rings. The first kappa shape index (κ1) is 10.2. The lowest BCUT2D eigenvalue weighted by molar-refractivity contribution is 0.637. The van der Waals surface area contributed by atoms with Crippen LogP contribution in [0.15, 0.2) is 36.8 Å². The molecule has 0 bridgehead atoms. The first-order valence-electron chi connectivity index (χ1n) is 4.96. The molecule has 0 aliphatic rings. The Morgan fingerprint density at radius 2 is 2.31 bits per heavy atom. The van der Waals surface area contributed by atoms with Crippen molar-refractivity contribution in [1.82, 2.24) is 14.8 Å². The van der Waals surface area contributed by atoms with E-state index in [0.717, 1.165) is 12.2 Å². The van der Waals surface area contributed by atoms with Gasteiger partial charge in [0, 0.05) is 25.1 Å². The van der Waals surface area contributed by atoms with E-state index in [1.165, 1.54) is 0 Å². The molecular weight excluding hydrogens is 202 g/mol. The highest BCUT2D eigenvalue weighted by molar-refractivity contribution is 5.53. The molecule has 0 atom stereocenters. The van der Waals surface area contributed by atoms with Gasteiger partial charge >= 0.3 is 0 Å². The van der Waals surface area contributed by atoms with Crippen molar-refractivity contribution in [3.05, 3.63) is 42.5 Å². The van der Waals surface area contributed by atoms with Crippen LogP contribution in [0.4, 0.5) is 5.69 Å². The summed E-state index contributed by atoms with van der Waals surface area (Å²) >= 11 is 0. The third-order valence-corrected chi connectivity index (χ3v) is 2.13. The Kier molecular flexibility index (Phi) is 3.14. The SMILES string of the molecule is N#Cc1ncccc1NCCn1cccn1. The van der Waals surface area contributed by atoms with Crippen molar-refractivity contribution in [1.29, 1.82) is 5.26 Å². The van der Waals surface area contributed by atoms with E-state index < -0.39 is 0 Å². The highest BCUT2D eigenvalue weighted by Crippen LogP contribution is 2.09. The number of anilines is 1. The quantitative estimate of drug-likeness (QED) is 0.830. The van der Waals surface area contributed by atoms with E-state index >= 15 is 0 Å². The molecule has 2 heterocycles. The van der Waals surface area contributed by atoms with Gasteiger partial charge < -0.3 is 5.32 Å². The van der Waals surface area contributed by atoms with E-state index in [1.807, 2.05) is 29.1 Å². The van der Waals surface area contributed by atoms with Crippen LogP contribution in [0.25, 0.3) is 0 Å². The van der Waals surface area contributed by atoms with Crippen molar-refractivity contribution in [3.8, 4) is 6.07 Å². The molecule has 1 N–H and O–H groups in total. The van der Waals surface area contributed by atoms with Gasteiger partial charge in [0.25, 0.3) is 0 Å². The van der Waals surface area contributed by atoms with Crippen molar-refractivity contribution in [2.45, 2.75) is 6.54 Å². The minimum atomic E-state index is 0.419. The number of hydrogen-bond donors (Lipinski definition) is 1. The van der Waals surface area contributed by atoms with Crippen LogP contribution in [-0.4, -0.2) is 21.3 Å². The highest BCUT2D eigenvalue weighted by atomic mass is 15.3. The topological polar surface area (TPSA) is 66.5 Å². The second-order valence-corrected chi connectivity index (χ2v) is 3.21. The summed E-state index contributed by atoms with van der Waals surface area (Å²) in [6.45, 7) is 1.47. The van der Waals surface area contributed by atoms with E-state index in [9.17, 15) is 0 Å². The molecule has 2 rings (SSSR count). The molecule has 16 heavy (non-hydrogen) atoms. The maximum atomic E-state index is 8.83. The zero-order chi connectivity index (χ0) is 11.2. The lowest BCUT2D eigenvalue weighted by Gasteiger charge is -2.06. The van der Waals surface area contributed by atoms with Crippen LogP contribution in [0.2, 0.25) is 0 Å². The molecule has 0 aliphatic carbocycles. The summed E-state index contributed by atoms with van der Waals surface area (Å²) < 4.78 is 1.83. The molecule has 0 radical (unpaired) electrons. The largest absolute Gasteiger partial charge is 0.381 e. The van der Waals surface area contributed by atoms with Crippen LogP contribution >= 0.6 is 0 Å². The molecule has 0 aliphatic heterocycles. The standard InChI is InChI=1S/C11H11N5/c12-9-11-10(3-1-4-13-11)14-6-8-16-7-2-5-15-16/h1-5,7,14H,6,8H2. The van der Waals surface area contributed by atoms with E-state index in [-0.39, 0.29) is 0 Å². The second-order valence-electron chi connectivity index (χ2n) is 3.21. The second kappa shape index (κ2) is 4.94. The van der Waals surface area contributed by atoms with E-state index in [1.54, 1.807) is 18.5 Å². The molecule has 0 fully saturated rings. The van der Waals surface area contributed by atoms with Gasteiger partial charge in [0.1, 0.15) is 6.07 Å². The summed E-state index contributed by atoms with van der Waals surface area (Å²) in [6, 6.07) is 7.57. The average molecular weight is 213 g/mol. The van der Waals surface area contributed by atoms with Gasteiger partial charge in [-0.2, -0.15) is 10.4 Å². The van der Waals surface area contributed by atoms with Crippen molar-refractivity contribution < 1.29 is 0 Å². The number of pyridine rings is 1. The van der Waals surface area contributed by atoms with Gasteiger partial charge in [0.2, 0.25) is 0 Å². The molecule has 2 aromatic heterocycles. The molecule has 0 aromatic carbocycles. The fourth-order valence-corrected chi connectivity index (χ4v) is 1.37. The van der Waals surface area contributed by atoms with Gasteiger partial charge in [-0.15, -0.1) is 0 Å². The number of nitrogens with zero attached hydrogens (tertiary/aromatic N) is 4. The van der Waals surface area contributed by atoms with E-state index in [2.05, 4.69) is 15.4 Å². The lowest BCUT2D eigenvalue weighted by atomic mass is 10.3. The molecule has 0 unspecified atom stereocenters. The summed E-state index contributed by atoms with van der Waals surface area (Å²) in [4.78, 5) is 3.97. The predicted octanol–water partition coefficient (Wildman–Crippen LogP) is 1.26. The summed E-state index contributed by atoms with van der Waals surface area (Å²) in [6.07, 6.45) is 5.25. The highest BCUT2D eigenvalue weighted by Gasteiger charge is 2.00. The normalized spacial score (nSPS) is 9.69. The smallest absolute Gasteiger partial charge is 0.163 e. The van der Waals surface area contributed by atoms with E-state index in [0.29, 0.717) is 12.2 Å². The predicted molar refractivity (Wildman–Crippen MR) is 59.7 cm³/mol. The molecule has 0 amide bonds. The molecule has 5 nitrogen and oxygen atoms in total. The molecule has 0 spiro atoms. The van der Waals surface area contributed by atoms with Crippen molar-refractivity contribution in [2.75, 3.05) is 11.9 Å². The van der Waals surface area contributed by atoms with Crippen molar-refractivity contribution >= 4 is 5.69 Å².